The van der Waals surface area contributed by atoms with E-state index in [4.69, 9.17) is 4.18 Å². The third-order valence-electron chi connectivity index (χ3n) is 3.90. The van der Waals surface area contributed by atoms with Crippen molar-refractivity contribution in [3.05, 3.63) is 35.4 Å². The Balaban J connectivity index is 2.05. The molecule has 1 aromatic rings. The molecule has 0 aromatic carbocycles. The first-order valence-corrected chi connectivity index (χ1v) is 8.00. The molecule has 6 heteroatoms. The lowest BCUT2D eigenvalue weighted by Crippen LogP contribution is -2.23. The van der Waals surface area contributed by atoms with E-state index in [1.807, 2.05) is 19.1 Å². The number of nitrogens with zero attached hydrogens (tertiary/aromatic N) is 1. The van der Waals surface area contributed by atoms with Gasteiger partial charge in [-0.2, -0.15) is 8.42 Å². The zero-order valence-corrected chi connectivity index (χ0v) is 11.6. The van der Waals surface area contributed by atoms with Gasteiger partial charge in [-0.05, 0) is 31.1 Å². The van der Waals surface area contributed by atoms with Crippen LogP contribution >= 0.6 is 0 Å². The number of aromatic nitrogens is 1. The Bertz CT molecular complexity index is 683. The summed E-state index contributed by atoms with van der Waals surface area (Å²) in [4.78, 5) is 12.2. The first-order valence-electron chi connectivity index (χ1n) is 6.19. The molecule has 0 saturated heterocycles. The van der Waals surface area contributed by atoms with Crippen LogP contribution in [0.25, 0.3) is 0 Å². The van der Waals surface area contributed by atoms with Crippen LogP contribution in [0.5, 0.6) is 0 Å². The molecule has 1 aromatic heterocycles. The van der Waals surface area contributed by atoms with Crippen LogP contribution in [0, 0.1) is 5.92 Å². The lowest BCUT2D eigenvalue weighted by Gasteiger charge is -2.26. The number of carbonyl (C=O) groups is 1. The van der Waals surface area contributed by atoms with Crippen molar-refractivity contribution in [2.75, 3.05) is 6.26 Å². The first kappa shape index (κ1) is 12.5. The SMILES string of the molecule is CC1=C(OS(C)(=O)=O)CC[C@@H]2C(=O)n3cccc3[C@H]12. The van der Waals surface area contributed by atoms with Gasteiger partial charge in [0, 0.05) is 24.2 Å². The number of fused-ring (bicyclic) bond motifs is 3. The maximum atomic E-state index is 12.2. The summed E-state index contributed by atoms with van der Waals surface area (Å²) < 4.78 is 29.3. The summed E-state index contributed by atoms with van der Waals surface area (Å²) in [5, 5.41) is 0. The van der Waals surface area contributed by atoms with E-state index >= 15 is 0 Å². The van der Waals surface area contributed by atoms with E-state index in [0.717, 1.165) is 17.5 Å². The van der Waals surface area contributed by atoms with Crippen LogP contribution in [-0.2, 0) is 14.3 Å². The van der Waals surface area contributed by atoms with Gasteiger partial charge in [0.1, 0.15) is 5.76 Å². The molecule has 0 unspecified atom stereocenters. The minimum absolute atomic E-state index is 0.0481. The average Bonchev–Trinajstić information content (AvgIpc) is 2.85. The van der Waals surface area contributed by atoms with E-state index in [1.54, 1.807) is 10.8 Å². The summed E-state index contributed by atoms with van der Waals surface area (Å²) in [6, 6.07) is 3.75. The van der Waals surface area contributed by atoms with Crippen molar-refractivity contribution in [2.45, 2.75) is 25.7 Å². The molecule has 0 saturated carbocycles. The van der Waals surface area contributed by atoms with Gasteiger partial charge in [-0.15, -0.1) is 0 Å². The summed E-state index contributed by atoms with van der Waals surface area (Å²) in [6.07, 6.45) is 3.94. The van der Waals surface area contributed by atoms with E-state index in [2.05, 4.69) is 0 Å². The van der Waals surface area contributed by atoms with Crippen LogP contribution in [-0.4, -0.2) is 25.1 Å². The molecule has 3 rings (SSSR count). The Hall–Kier alpha value is -1.56. The Morgan fingerprint density at radius 3 is 2.84 bits per heavy atom. The minimum atomic E-state index is -3.51. The van der Waals surface area contributed by atoms with Gasteiger partial charge in [-0.1, -0.05) is 0 Å². The number of rotatable bonds is 2. The molecule has 19 heavy (non-hydrogen) atoms. The lowest BCUT2D eigenvalue weighted by atomic mass is 9.78. The third-order valence-corrected chi connectivity index (χ3v) is 4.40. The number of hydrogen-bond acceptors (Lipinski definition) is 4. The van der Waals surface area contributed by atoms with Gasteiger partial charge in [0.25, 0.3) is 0 Å². The van der Waals surface area contributed by atoms with E-state index < -0.39 is 10.1 Å². The summed E-state index contributed by atoms with van der Waals surface area (Å²) in [7, 11) is -3.51. The molecule has 1 aliphatic heterocycles. The van der Waals surface area contributed by atoms with Crippen LogP contribution in [0.2, 0.25) is 0 Å². The van der Waals surface area contributed by atoms with Gasteiger partial charge >= 0.3 is 10.1 Å². The fourth-order valence-corrected chi connectivity index (χ4v) is 3.72. The van der Waals surface area contributed by atoms with Crippen LogP contribution in [0.1, 0.15) is 36.2 Å². The molecule has 0 spiro atoms. The van der Waals surface area contributed by atoms with Gasteiger partial charge < -0.3 is 4.18 Å². The fourth-order valence-electron chi connectivity index (χ4n) is 3.14. The fraction of sp³-hybridized carbons (Fsp3) is 0.462. The molecule has 0 bridgehead atoms. The molecule has 0 fully saturated rings. The Labute approximate surface area is 112 Å². The smallest absolute Gasteiger partial charge is 0.305 e. The maximum absolute atomic E-state index is 12.2. The molecule has 2 atom stereocenters. The van der Waals surface area contributed by atoms with Crippen LogP contribution in [0.15, 0.2) is 29.7 Å². The highest BCUT2D eigenvalue weighted by molar-refractivity contribution is 7.86. The largest absolute Gasteiger partial charge is 0.387 e. The summed E-state index contributed by atoms with van der Waals surface area (Å²) in [5.41, 5.74) is 1.79. The van der Waals surface area contributed by atoms with Crippen molar-refractivity contribution in [1.29, 1.82) is 0 Å². The van der Waals surface area contributed by atoms with Crippen molar-refractivity contribution in [2.24, 2.45) is 5.92 Å². The van der Waals surface area contributed by atoms with Gasteiger partial charge in [0.15, 0.2) is 0 Å². The second-order valence-corrected chi connectivity index (χ2v) is 6.73. The summed E-state index contributed by atoms with van der Waals surface area (Å²) in [5.74, 6) is 0.463. The van der Waals surface area contributed by atoms with Crippen molar-refractivity contribution in [3.63, 3.8) is 0 Å². The second-order valence-electron chi connectivity index (χ2n) is 5.16. The van der Waals surface area contributed by atoms with E-state index in [0.29, 0.717) is 18.6 Å². The summed E-state index contributed by atoms with van der Waals surface area (Å²) in [6.45, 7) is 1.85. The van der Waals surface area contributed by atoms with Crippen LogP contribution in [0.3, 0.4) is 0 Å². The van der Waals surface area contributed by atoms with E-state index in [1.165, 1.54) is 0 Å². The number of carbonyl (C=O) groups excluding carboxylic acids is 1. The molecule has 0 amide bonds. The van der Waals surface area contributed by atoms with E-state index in [9.17, 15) is 13.2 Å². The standard InChI is InChI=1S/C13H15NO4S/c1-8-11(18-19(2,16)17)6-5-9-12(8)10-4-3-7-14(10)13(9)15/h3-4,7,9,12H,5-6H2,1-2H3/t9-,12+/m0/s1. The Morgan fingerprint density at radius 2 is 2.16 bits per heavy atom. The lowest BCUT2D eigenvalue weighted by molar-refractivity contribution is 0.0845. The summed E-state index contributed by atoms with van der Waals surface area (Å²) >= 11 is 0. The van der Waals surface area contributed by atoms with Crippen molar-refractivity contribution in [3.8, 4) is 0 Å². The van der Waals surface area contributed by atoms with Crippen LogP contribution < -0.4 is 0 Å². The monoisotopic (exact) mass is 281 g/mol. The molecular weight excluding hydrogens is 266 g/mol. The van der Waals surface area contributed by atoms with Crippen LogP contribution in [0.4, 0.5) is 0 Å². The van der Waals surface area contributed by atoms with E-state index in [-0.39, 0.29) is 17.7 Å². The first-order chi connectivity index (χ1) is 8.88. The predicted molar refractivity (Wildman–Crippen MR) is 69.2 cm³/mol. The Kier molecular flexibility index (Phi) is 2.60. The Morgan fingerprint density at radius 1 is 1.42 bits per heavy atom. The molecule has 102 valence electrons. The number of allylic oxidation sites excluding steroid dienone is 2. The predicted octanol–water partition coefficient (Wildman–Crippen LogP) is 1.89. The van der Waals surface area contributed by atoms with Gasteiger partial charge in [0.05, 0.1) is 12.2 Å². The average molecular weight is 281 g/mol. The topological polar surface area (TPSA) is 65.4 Å². The van der Waals surface area contributed by atoms with Gasteiger partial charge in [-0.25, -0.2) is 0 Å². The third kappa shape index (κ3) is 1.90. The van der Waals surface area contributed by atoms with Gasteiger partial charge in [-0.3, -0.25) is 9.36 Å². The molecule has 2 heterocycles. The minimum Gasteiger partial charge on any atom is -0.387 e. The second kappa shape index (κ2) is 3.96. The zero-order valence-electron chi connectivity index (χ0n) is 10.8. The zero-order chi connectivity index (χ0) is 13.8. The molecule has 2 aliphatic rings. The molecule has 1 aliphatic carbocycles. The molecule has 0 radical (unpaired) electrons. The van der Waals surface area contributed by atoms with Gasteiger partial charge in [0.2, 0.25) is 5.91 Å². The maximum Gasteiger partial charge on any atom is 0.305 e. The highest BCUT2D eigenvalue weighted by Crippen LogP contribution is 2.46. The van der Waals surface area contributed by atoms with Crippen molar-refractivity contribution >= 4 is 16.0 Å². The highest BCUT2D eigenvalue weighted by atomic mass is 32.2. The van der Waals surface area contributed by atoms with Crippen molar-refractivity contribution < 1.29 is 17.4 Å². The molecule has 5 nitrogen and oxygen atoms in total. The molecular formula is C13H15NO4S. The number of hydrogen-bond donors (Lipinski definition) is 0. The normalized spacial score (nSPS) is 26.3. The van der Waals surface area contributed by atoms with Crippen molar-refractivity contribution in [1.82, 2.24) is 4.57 Å². The quantitative estimate of drug-likeness (QED) is 0.776. The highest BCUT2D eigenvalue weighted by Gasteiger charge is 2.44. The molecule has 0 N–H and O–H groups in total.